The van der Waals surface area contributed by atoms with Gasteiger partial charge in [0.25, 0.3) is 5.91 Å². The fourth-order valence-electron chi connectivity index (χ4n) is 3.05. The molecule has 1 aromatic heterocycles. The number of amides is 1. The van der Waals surface area contributed by atoms with Gasteiger partial charge in [-0.25, -0.2) is 0 Å². The number of hydrogen-bond acceptors (Lipinski definition) is 5. The van der Waals surface area contributed by atoms with Gasteiger partial charge in [0, 0.05) is 18.2 Å². The molecule has 30 heavy (non-hydrogen) atoms. The lowest BCUT2D eigenvalue weighted by atomic mass is 10.1. The van der Waals surface area contributed by atoms with E-state index in [4.69, 9.17) is 9.26 Å². The third-order valence-corrected chi connectivity index (χ3v) is 4.73. The predicted octanol–water partition coefficient (Wildman–Crippen LogP) is 4.41. The van der Waals surface area contributed by atoms with E-state index in [1.165, 1.54) is 0 Å². The highest BCUT2D eigenvalue weighted by Crippen LogP contribution is 2.24. The fourth-order valence-corrected chi connectivity index (χ4v) is 3.05. The number of nitrogens with zero attached hydrogens (tertiary/aromatic N) is 2. The van der Waals surface area contributed by atoms with Gasteiger partial charge in [-0.05, 0) is 49.8 Å². The van der Waals surface area contributed by atoms with Crippen LogP contribution in [0.15, 0.2) is 65.2 Å². The van der Waals surface area contributed by atoms with E-state index in [0.717, 1.165) is 16.9 Å². The molecule has 0 aliphatic rings. The number of hydrogen-bond donors (Lipinski definition) is 1. The molecule has 0 bridgehead atoms. The van der Waals surface area contributed by atoms with Crippen LogP contribution in [0, 0.1) is 5.92 Å². The first kappa shape index (κ1) is 21.6. The van der Waals surface area contributed by atoms with Crippen molar-refractivity contribution in [1.82, 2.24) is 15.4 Å². The van der Waals surface area contributed by atoms with Crippen molar-refractivity contribution in [3.05, 3.63) is 71.9 Å². The zero-order valence-corrected chi connectivity index (χ0v) is 18.0. The highest BCUT2D eigenvalue weighted by atomic mass is 16.5. The average molecular weight is 408 g/mol. The van der Waals surface area contributed by atoms with Crippen molar-refractivity contribution in [2.75, 3.05) is 27.2 Å². The van der Waals surface area contributed by atoms with Crippen LogP contribution in [0.4, 0.5) is 0 Å². The lowest BCUT2D eigenvalue weighted by Gasteiger charge is -2.24. The Kier molecular flexibility index (Phi) is 7.25. The predicted molar refractivity (Wildman–Crippen MR) is 117 cm³/mol. The van der Waals surface area contributed by atoms with Gasteiger partial charge in [-0.15, -0.1) is 0 Å². The van der Waals surface area contributed by atoms with Crippen LogP contribution in [-0.2, 0) is 0 Å². The van der Waals surface area contributed by atoms with Crippen LogP contribution in [0.5, 0.6) is 5.75 Å². The summed E-state index contributed by atoms with van der Waals surface area (Å²) in [6.07, 6.45) is 0. The molecular formula is C24H29N3O3. The van der Waals surface area contributed by atoms with E-state index < -0.39 is 0 Å². The highest BCUT2D eigenvalue weighted by molar-refractivity contribution is 5.93. The Morgan fingerprint density at radius 3 is 2.43 bits per heavy atom. The van der Waals surface area contributed by atoms with Crippen molar-refractivity contribution in [1.29, 1.82) is 0 Å². The fraction of sp³-hybridized carbons (Fsp3) is 0.333. The van der Waals surface area contributed by atoms with Gasteiger partial charge in [0.05, 0.1) is 12.6 Å². The molecule has 0 saturated carbocycles. The maximum atomic E-state index is 12.6. The monoisotopic (exact) mass is 407 g/mol. The molecule has 0 radical (unpaired) electrons. The first-order chi connectivity index (χ1) is 14.4. The van der Waals surface area contributed by atoms with Gasteiger partial charge in [0.15, 0.2) is 11.5 Å². The van der Waals surface area contributed by atoms with Crippen molar-refractivity contribution < 1.29 is 14.1 Å². The largest absolute Gasteiger partial charge is 0.493 e. The average Bonchev–Trinajstić information content (AvgIpc) is 3.23. The Labute approximate surface area is 177 Å². The van der Waals surface area contributed by atoms with E-state index in [9.17, 15) is 4.79 Å². The van der Waals surface area contributed by atoms with E-state index >= 15 is 0 Å². The number of ether oxygens (including phenoxy) is 1. The lowest BCUT2D eigenvalue weighted by molar-refractivity contribution is 0.0933. The molecule has 3 rings (SSSR count). The van der Waals surface area contributed by atoms with Crippen molar-refractivity contribution in [3.63, 3.8) is 0 Å². The topological polar surface area (TPSA) is 67.6 Å². The van der Waals surface area contributed by atoms with E-state index in [0.29, 0.717) is 24.8 Å². The minimum absolute atomic E-state index is 0.0694. The number of aromatic nitrogens is 1. The summed E-state index contributed by atoms with van der Waals surface area (Å²) >= 11 is 0. The van der Waals surface area contributed by atoms with Gasteiger partial charge < -0.3 is 19.5 Å². The third kappa shape index (κ3) is 5.70. The summed E-state index contributed by atoms with van der Waals surface area (Å²) in [4.78, 5) is 14.7. The van der Waals surface area contributed by atoms with E-state index in [-0.39, 0.29) is 17.6 Å². The van der Waals surface area contributed by atoms with Gasteiger partial charge in [0.2, 0.25) is 0 Å². The molecule has 0 unspecified atom stereocenters. The van der Waals surface area contributed by atoms with Crippen LogP contribution in [0.3, 0.4) is 0 Å². The summed E-state index contributed by atoms with van der Waals surface area (Å²) in [6, 6.07) is 19.4. The molecule has 1 heterocycles. The molecule has 1 amide bonds. The Balaban J connectivity index is 1.62. The van der Waals surface area contributed by atoms with Crippen LogP contribution in [0.1, 0.15) is 35.9 Å². The summed E-state index contributed by atoms with van der Waals surface area (Å²) < 4.78 is 11.1. The van der Waals surface area contributed by atoms with Gasteiger partial charge in [-0.2, -0.15) is 0 Å². The van der Waals surface area contributed by atoms with Gasteiger partial charge in [-0.1, -0.05) is 49.3 Å². The Hall–Kier alpha value is -3.12. The number of likely N-dealkylation sites (N-methyl/N-ethyl adjacent to an activating group) is 1. The number of carbonyl (C=O) groups is 1. The molecule has 0 aliphatic carbocycles. The Bertz CT molecular complexity index is 934. The smallest absolute Gasteiger partial charge is 0.273 e. The van der Waals surface area contributed by atoms with Crippen LogP contribution in [0.2, 0.25) is 0 Å². The number of nitrogens with one attached hydrogen (secondary N) is 1. The van der Waals surface area contributed by atoms with Crippen LogP contribution < -0.4 is 10.1 Å². The summed E-state index contributed by atoms with van der Waals surface area (Å²) in [5, 5.41) is 6.90. The highest BCUT2D eigenvalue weighted by Gasteiger charge is 2.18. The first-order valence-corrected chi connectivity index (χ1v) is 10.1. The molecule has 6 heteroatoms. The van der Waals surface area contributed by atoms with Crippen molar-refractivity contribution in [2.24, 2.45) is 5.92 Å². The third-order valence-electron chi connectivity index (χ3n) is 4.73. The van der Waals surface area contributed by atoms with Crippen LogP contribution in [0.25, 0.3) is 11.3 Å². The molecule has 0 saturated heterocycles. The zero-order valence-electron chi connectivity index (χ0n) is 18.0. The zero-order chi connectivity index (χ0) is 21.5. The van der Waals surface area contributed by atoms with E-state index in [1.807, 2.05) is 56.6 Å². The first-order valence-electron chi connectivity index (χ1n) is 10.1. The maximum Gasteiger partial charge on any atom is 0.273 e. The summed E-state index contributed by atoms with van der Waals surface area (Å²) in [5.41, 5.74) is 2.24. The SMILES string of the molecule is CC(C)COc1ccc(-c2cc(C(=O)NC[C@@H](c3ccccc3)N(C)C)no2)cc1. The minimum Gasteiger partial charge on any atom is -0.493 e. The number of carbonyl (C=O) groups excluding carboxylic acids is 1. The standard InChI is InChI=1S/C24H29N3O3/c1-17(2)16-29-20-12-10-19(11-13-20)23-14-21(26-30-23)24(28)25-15-22(27(3)4)18-8-6-5-7-9-18/h5-14,17,22H,15-16H2,1-4H3,(H,25,28)/t22-/m0/s1. The van der Waals surface area contributed by atoms with E-state index in [2.05, 4.69) is 41.4 Å². The quantitative estimate of drug-likeness (QED) is 0.569. The molecule has 1 N–H and O–H groups in total. The van der Waals surface area contributed by atoms with Crippen molar-refractivity contribution in [2.45, 2.75) is 19.9 Å². The molecule has 0 aliphatic heterocycles. The van der Waals surface area contributed by atoms with Crippen LogP contribution in [-0.4, -0.2) is 43.2 Å². The van der Waals surface area contributed by atoms with Gasteiger partial charge in [-0.3, -0.25) is 4.79 Å². The van der Waals surface area contributed by atoms with Crippen molar-refractivity contribution in [3.8, 4) is 17.1 Å². The number of benzene rings is 2. The van der Waals surface area contributed by atoms with Crippen LogP contribution >= 0.6 is 0 Å². The molecule has 2 aromatic carbocycles. The molecule has 3 aromatic rings. The van der Waals surface area contributed by atoms with Crippen molar-refractivity contribution >= 4 is 5.91 Å². The second-order valence-electron chi connectivity index (χ2n) is 7.91. The Morgan fingerprint density at radius 1 is 1.10 bits per heavy atom. The summed E-state index contributed by atoms with van der Waals surface area (Å²) in [6.45, 7) is 5.36. The molecule has 0 spiro atoms. The summed E-state index contributed by atoms with van der Waals surface area (Å²) in [5.74, 6) is 1.56. The normalized spacial score (nSPS) is 12.2. The summed E-state index contributed by atoms with van der Waals surface area (Å²) in [7, 11) is 3.99. The minimum atomic E-state index is -0.260. The molecule has 6 nitrogen and oxygen atoms in total. The number of rotatable bonds is 9. The molecular weight excluding hydrogens is 378 g/mol. The molecule has 158 valence electrons. The van der Waals surface area contributed by atoms with Gasteiger partial charge in [0.1, 0.15) is 5.75 Å². The lowest BCUT2D eigenvalue weighted by Crippen LogP contribution is -2.34. The molecule has 1 atom stereocenters. The van der Waals surface area contributed by atoms with E-state index in [1.54, 1.807) is 6.07 Å². The second kappa shape index (κ2) is 10.1. The Morgan fingerprint density at radius 2 is 1.80 bits per heavy atom. The maximum absolute atomic E-state index is 12.6. The van der Waals surface area contributed by atoms with Gasteiger partial charge >= 0.3 is 0 Å². The molecule has 0 fully saturated rings. The second-order valence-corrected chi connectivity index (χ2v) is 7.91.